The van der Waals surface area contributed by atoms with Crippen LogP contribution < -0.4 is 15.4 Å². The number of benzene rings is 2. The van der Waals surface area contributed by atoms with E-state index in [0.29, 0.717) is 17.0 Å². The Bertz CT molecular complexity index is 759. The molecule has 0 aliphatic heterocycles. The van der Waals surface area contributed by atoms with E-state index in [0.717, 1.165) is 5.56 Å². The second kappa shape index (κ2) is 8.73. The first kappa shape index (κ1) is 18.3. The number of carbonyl (C=O) groups is 2. The quantitative estimate of drug-likeness (QED) is 0.621. The van der Waals surface area contributed by atoms with Crippen molar-refractivity contribution >= 4 is 17.7 Å². The SMILES string of the molecule is CCOC(=O)c1ccccc1NC(=O)NCOc1ccc(C)c(C)c1. The van der Waals surface area contributed by atoms with Gasteiger partial charge in [-0.05, 0) is 56.2 Å². The molecular weight excluding hydrogens is 320 g/mol. The fraction of sp³-hybridized carbons (Fsp3) is 0.263. The van der Waals surface area contributed by atoms with Crippen molar-refractivity contribution in [3.63, 3.8) is 0 Å². The summed E-state index contributed by atoms with van der Waals surface area (Å²) < 4.78 is 10.5. The molecule has 2 N–H and O–H groups in total. The summed E-state index contributed by atoms with van der Waals surface area (Å²) in [4.78, 5) is 23.9. The molecule has 2 aromatic rings. The zero-order valence-electron chi connectivity index (χ0n) is 14.6. The minimum Gasteiger partial charge on any atom is -0.473 e. The van der Waals surface area contributed by atoms with Crippen LogP contribution in [0.5, 0.6) is 5.75 Å². The molecule has 0 atom stereocenters. The van der Waals surface area contributed by atoms with E-state index in [1.807, 2.05) is 32.0 Å². The van der Waals surface area contributed by atoms with E-state index in [1.165, 1.54) is 5.56 Å². The lowest BCUT2D eigenvalue weighted by Crippen LogP contribution is -2.32. The molecule has 132 valence electrons. The third-order valence-electron chi connectivity index (χ3n) is 3.62. The smallest absolute Gasteiger partial charge is 0.340 e. The van der Waals surface area contributed by atoms with Crippen molar-refractivity contribution < 1.29 is 19.1 Å². The molecule has 6 heteroatoms. The van der Waals surface area contributed by atoms with Gasteiger partial charge in [0.05, 0.1) is 17.9 Å². The van der Waals surface area contributed by atoms with Crippen LogP contribution in [-0.4, -0.2) is 25.3 Å². The van der Waals surface area contributed by atoms with Crippen LogP contribution in [0.1, 0.15) is 28.4 Å². The Morgan fingerprint density at radius 3 is 2.52 bits per heavy atom. The lowest BCUT2D eigenvalue weighted by molar-refractivity contribution is 0.0527. The second-order valence-corrected chi connectivity index (χ2v) is 5.43. The summed E-state index contributed by atoms with van der Waals surface area (Å²) in [5.74, 6) is 0.195. The molecule has 0 fully saturated rings. The number of aryl methyl sites for hydroxylation is 2. The lowest BCUT2D eigenvalue weighted by Gasteiger charge is -2.12. The molecule has 0 spiro atoms. The molecule has 25 heavy (non-hydrogen) atoms. The van der Waals surface area contributed by atoms with Crippen molar-refractivity contribution in [3.8, 4) is 5.75 Å². The normalized spacial score (nSPS) is 10.0. The minimum atomic E-state index is -0.482. The number of anilines is 1. The fourth-order valence-corrected chi connectivity index (χ4v) is 2.13. The first-order valence-electron chi connectivity index (χ1n) is 8.02. The third kappa shape index (κ3) is 5.24. The number of para-hydroxylation sites is 1. The molecule has 0 aliphatic rings. The molecule has 0 saturated carbocycles. The number of hydrogen-bond donors (Lipinski definition) is 2. The summed E-state index contributed by atoms with van der Waals surface area (Å²) in [6.45, 7) is 6.02. The van der Waals surface area contributed by atoms with Crippen molar-refractivity contribution in [3.05, 3.63) is 59.2 Å². The Balaban J connectivity index is 1.90. The van der Waals surface area contributed by atoms with Crippen LogP contribution in [0.4, 0.5) is 10.5 Å². The topological polar surface area (TPSA) is 76.7 Å². The van der Waals surface area contributed by atoms with Gasteiger partial charge < -0.3 is 20.1 Å². The highest BCUT2D eigenvalue weighted by Gasteiger charge is 2.13. The van der Waals surface area contributed by atoms with E-state index in [2.05, 4.69) is 10.6 Å². The van der Waals surface area contributed by atoms with Gasteiger partial charge in [-0.1, -0.05) is 18.2 Å². The van der Waals surface area contributed by atoms with Crippen LogP contribution in [0.3, 0.4) is 0 Å². The molecule has 0 saturated heterocycles. The van der Waals surface area contributed by atoms with Gasteiger partial charge in [-0.3, -0.25) is 0 Å². The Labute approximate surface area is 147 Å². The summed E-state index contributed by atoms with van der Waals surface area (Å²) in [6, 6.07) is 11.9. The van der Waals surface area contributed by atoms with Crippen molar-refractivity contribution in [2.45, 2.75) is 20.8 Å². The zero-order valence-corrected chi connectivity index (χ0v) is 14.6. The summed E-state index contributed by atoms with van der Waals surface area (Å²) >= 11 is 0. The number of amides is 2. The summed E-state index contributed by atoms with van der Waals surface area (Å²) in [6.07, 6.45) is 0. The maximum absolute atomic E-state index is 12.0. The van der Waals surface area contributed by atoms with E-state index in [-0.39, 0.29) is 13.3 Å². The van der Waals surface area contributed by atoms with Gasteiger partial charge in [0.15, 0.2) is 6.73 Å². The van der Waals surface area contributed by atoms with Gasteiger partial charge in [0.2, 0.25) is 0 Å². The first-order chi connectivity index (χ1) is 12.0. The largest absolute Gasteiger partial charge is 0.473 e. The molecule has 0 aliphatic carbocycles. The van der Waals surface area contributed by atoms with E-state index < -0.39 is 12.0 Å². The zero-order chi connectivity index (χ0) is 18.2. The highest BCUT2D eigenvalue weighted by Crippen LogP contribution is 2.17. The number of rotatable bonds is 6. The van der Waals surface area contributed by atoms with Crippen LogP contribution >= 0.6 is 0 Å². The fourth-order valence-electron chi connectivity index (χ4n) is 2.13. The maximum Gasteiger partial charge on any atom is 0.340 e. The third-order valence-corrected chi connectivity index (χ3v) is 3.62. The number of urea groups is 1. The van der Waals surface area contributed by atoms with Crippen molar-refractivity contribution in [2.24, 2.45) is 0 Å². The standard InChI is InChI=1S/C19H22N2O4/c1-4-24-18(22)16-7-5-6-8-17(16)21-19(23)20-12-25-15-10-9-13(2)14(3)11-15/h5-11H,4,12H2,1-3H3,(H2,20,21,23). The predicted octanol–water partition coefficient (Wildman–Crippen LogP) is 3.64. The summed E-state index contributed by atoms with van der Waals surface area (Å²) in [7, 11) is 0. The second-order valence-electron chi connectivity index (χ2n) is 5.43. The number of ether oxygens (including phenoxy) is 2. The van der Waals surface area contributed by atoms with Crippen molar-refractivity contribution in [2.75, 3.05) is 18.7 Å². The van der Waals surface area contributed by atoms with Gasteiger partial charge >= 0.3 is 12.0 Å². The van der Waals surface area contributed by atoms with Gasteiger partial charge in [0.25, 0.3) is 0 Å². The minimum absolute atomic E-state index is 0.00983. The van der Waals surface area contributed by atoms with Crippen LogP contribution in [0.2, 0.25) is 0 Å². The van der Waals surface area contributed by atoms with Crippen LogP contribution in [-0.2, 0) is 4.74 Å². The monoisotopic (exact) mass is 342 g/mol. The molecule has 0 aromatic heterocycles. The molecule has 6 nitrogen and oxygen atoms in total. The highest BCUT2D eigenvalue weighted by molar-refractivity contribution is 6.00. The predicted molar refractivity (Wildman–Crippen MR) is 96.0 cm³/mol. The molecular formula is C19H22N2O4. The average molecular weight is 342 g/mol. The van der Waals surface area contributed by atoms with Gasteiger partial charge in [0, 0.05) is 0 Å². The molecule has 0 unspecified atom stereocenters. The maximum atomic E-state index is 12.0. The number of nitrogens with one attached hydrogen (secondary N) is 2. The van der Waals surface area contributed by atoms with Crippen LogP contribution in [0.15, 0.2) is 42.5 Å². The van der Waals surface area contributed by atoms with E-state index in [9.17, 15) is 9.59 Å². The van der Waals surface area contributed by atoms with Gasteiger partial charge in [-0.2, -0.15) is 0 Å². The van der Waals surface area contributed by atoms with Gasteiger partial charge in [0.1, 0.15) is 5.75 Å². The molecule has 2 aromatic carbocycles. The average Bonchev–Trinajstić information content (AvgIpc) is 2.59. The number of carbonyl (C=O) groups excluding carboxylic acids is 2. The molecule has 2 amide bonds. The Morgan fingerprint density at radius 1 is 1.04 bits per heavy atom. The van der Waals surface area contributed by atoms with Crippen LogP contribution in [0.25, 0.3) is 0 Å². The van der Waals surface area contributed by atoms with E-state index in [1.54, 1.807) is 31.2 Å². The Hall–Kier alpha value is -3.02. The number of hydrogen-bond acceptors (Lipinski definition) is 4. The lowest BCUT2D eigenvalue weighted by atomic mass is 10.1. The summed E-state index contributed by atoms with van der Waals surface area (Å²) in [5.41, 5.74) is 2.97. The van der Waals surface area contributed by atoms with Gasteiger partial charge in [-0.25, -0.2) is 9.59 Å². The highest BCUT2D eigenvalue weighted by atomic mass is 16.5. The van der Waals surface area contributed by atoms with Crippen molar-refractivity contribution in [1.82, 2.24) is 5.32 Å². The molecule has 0 radical (unpaired) electrons. The Morgan fingerprint density at radius 2 is 1.80 bits per heavy atom. The van der Waals surface area contributed by atoms with Crippen LogP contribution in [0, 0.1) is 13.8 Å². The first-order valence-corrected chi connectivity index (χ1v) is 8.02. The van der Waals surface area contributed by atoms with Gasteiger partial charge in [-0.15, -0.1) is 0 Å². The van der Waals surface area contributed by atoms with E-state index in [4.69, 9.17) is 9.47 Å². The summed E-state index contributed by atoms with van der Waals surface area (Å²) in [5, 5.41) is 5.21. The molecule has 2 rings (SSSR count). The van der Waals surface area contributed by atoms with E-state index >= 15 is 0 Å². The van der Waals surface area contributed by atoms with Crippen molar-refractivity contribution in [1.29, 1.82) is 0 Å². The molecule has 0 bridgehead atoms. The molecule has 0 heterocycles. The Kier molecular flexibility index (Phi) is 6.39. The number of esters is 1.